The standard InChI is InChI=1S/C12H30N2O3Si/c1-6-11-18(15-7-2,16-8-3)17-12(4)14(5)10-9-13/h12H,6-11,13H2,1-5H3. The van der Waals surface area contributed by atoms with E-state index in [1.165, 1.54) is 0 Å². The number of hydrogen-bond acceptors (Lipinski definition) is 5. The van der Waals surface area contributed by atoms with Crippen molar-refractivity contribution in [3.05, 3.63) is 0 Å². The molecule has 0 aromatic rings. The maximum atomic E-state index is 6.14. The molecule has 0 amide bonds. The third kappa shape index (κ3) is 6.26. The smallest absolute Gasteiger partial charge is 0.374 e. The Morgan fingerprint density at radius 1 is 1.17 bits per heavy atom. The fourth-order valence-electron chi connectivity index (χ4n) is 1.79. The molecule has 1 unspecified atom stereocenters. The lowest BCUT2D eigenvalue weighted by Crippen LogP contribution is -2.51. The normalized spacial score (nSPS) is 14.2. The van der Waals surface area contributed by atoms with Crippen LogP contribution in [0.2, 0.25) is 6.04 Å². The van der Waals surface area contributed by atoms with Gasteiger partial charge < -0.3 is 19.0 Å². The number of likely N-dealkylation sites (N-methyl/N-ethyl adjacent to an activating group) is 1. The summed E-state index contributed by atoms with van der Waals surface area (Å²) in [6, 6.07) is 0.857. The van der Waals surface area contributed by atoms with Gasteiger partial charge in [-0.2, -0.15) is 0 Å². The summed E-state index contributed by atoms with van der Waals surface area (Å²) in [5, 5.41) is 0. The molecular formula is C12H30N2O3Si. The monoisotopic (exact) mass is 278 g/mol. The Labute approximate surface area is 113 Å². The highest BCUT2D eigenvalue weighted by Crippen LogP contribution is 2.20. The Kier molecular flexibility index (Phi) is 9.89. The lowest BCUT2D eigenvalue weighted by Gasteiger charge is -2.34. The Bertz CT molecular complexity index is 191. The van der Waals surface area contributed by atoms with E-state index in [2.05, 4.69) is 11.8 Å². The van der Waals surface area contributed by atoms with Crippen molar-refractivity contribution in [3.8, 4) is 0 Å². The molecule has 0 spiro atoms. The molecule has 0 aromatic heterocycles. The maximum Gasteiger partial charge on any atom is 0.502 e. The van der Waals surface area contributed by atoms with Crippen LogP contribution in [0.15, 0.2) is 0 Å². The van der Waals surface area contributed by atoms with E-state index in [1.54, 1.807) is 0 Å². The van der Waals surface area contributed by atoms with Gasteiger partial charge in [-0.05, 0) is 27.8 Å². The van der Waals surface area contributed by atoms with Crippen molar-refractivity contribution in [2.75, 3.05) is 33.4 Å². The zero-order chi connectivity index (χ0) is 14.0. The second-order valence-electron chi connectivity index (χ2n) is 4.29. The van der Waals surface area contributed by atoms with E-state index in [0.29, 0.717) is 19.8 Å². The highest BCUT2D eigenvalue weighted by Gasteiger charge is 2.41. The minimum absolute atomic E-state index is 0.0372. The first-order valence-corrected chi connectivity index (χ1v) is 8.84. The third-order valence-electron chi connectivity index (χ3n) is 2.74. The van der Waals surface area contributed by atoms with E-state index in [1.807, 2.05) is 27.8 Å². The topological polar surface area (TPSA) is 57.0 Å². The van der Waals surface area contributed by atoms with Crippen LogP contribution in [0.3, 0.4) is 0 Å². The highest BCUT2D eigenvalue weighted by atomic mass is 28.4. The maximum absolute atomic E-state index is 6.14. The average molecular weight is 278 g/mol. The van der Waals surface area contributed by atoms with Crippen LogP contribution in [-0.4, -0.2) is 53.3 Å². The summed E-state index contributed by atoms with van der Waals surface area (Å²) in [5.41, 5.74) is 5.56. The van der Waals surface area contributed by atoms with Crippen LogP contribution in [-0.2, 0) is 13.3 Å². The molecule has 0 aliphatic rings. The zero-order valence-corrected chi connectivity index (χ0v) is 13.6. The van der Waals surface area contributed by atoms with Gasteiger partial charge in [0.15, 0.2) is 0 Å². The largest absolute Gasteiger partial charge is 0.502 e. The molecule has 0 aliphatic carbocycles. The van der Waals surface area contributed by atoms with E-state index < -0.39 is 8.80 Å². The van der Waals surface area contributed by atoms with E-state index in [9.17, 15) is 0 Å². The molecule has 1 atom stereocenters. The number of rotatable bonds is 11. The lowest BCUT2D eigenvalue weighted by atomic mass is 10.5. The van der Waals surface area contributed by atoms with E-state index in [-0.39, 0.29) is 6.23 Å². The fourth-order valence-corrected chi connectivity index (χ4v) is 4.61. The van der Waals surface area contributed by atoms with Gasteiger partial charge in [-0.15, -0.1) is 0 Å². The first kappa shape index (κ1) is 18.0. The molecule has 0 saturated heterocycles. The number of nitrogens with two attached hydrogens (primary N) is 1. The van der Waals surface area contributed by atoms with Crippen molar-refractivity contribution < 1.29 is 13.3 Å². The Balaban J connectivity index is 4.62. The Hall–Kier alpha value is 0.0169. The van der Waals surface area contributed by atoms with Gasteiger partial charge in [0.2, 0.25) is 0 Å². The van der Waals surface area contributed by atoms with Crippen molar-refractivity contribution in [2.45, 2.75) is 46.4 Å². The van der Waals surface area contributed by atoms with Gasteiger partial charge in [-0.25, -0.2) is 0 Å². The molecule has 0 radical (unpaired) electrons. The van der Waals surface area contributed by atoms with E-state index >= 15 is 0 Å². The summed E-state index contributed by atoms with van der Waals surface area (Å²) in [6.07, 6.45) is 0.962. The van der Waals surface area contributed by atoms with Crippen LogP contribution >= 0.6 is 0 Å². The van der Waals surface area contributed by atoms with Crippen molar-refractivity contribution in [3.63, 3.8) is 0 Å². The van der Waals surface area contributed by atoms with Gasteiger partial charge in [0.1, 0.15) is 6.23 Å². The van der Waals surface area contributed by atoms with E-state index in [0.717, 1.165) is 19.0 Å². The van der Waals surface area contributed by atoms with Gasteiger partial charge in [0.05, 0.1) is 0 Å². The third-order valence-corrected chi connectivity index (χ3v) is 6.01. The second-order valence-corrected chi connectivity index (χ2v) is 6.96. The summed E-state index contributed by atoms with van der Waals surface area (Å²) >= 11 is 0. The summed E-state index contributed by atoms with van der Waals surface area (Å²) in [7, 11) is -0.532. The van der Waals surface area contributed by atoms with Crippen LogP contribution in [0.5, 0.6) is 0 Å². The summed E-state index contributed by atoms with van der Waals surface area (Å²) in [5.74, 6) is 0. The van der Waals surface area contributed by atoms with Crippen molar-refractivity contribution in [2.24, 2.45) is 5.73 Å². The summed E-state index contributed by atoms with van der Waals surface area (Å²) in [6.45, 7) is 10.8. The molecule has 5 nitrogen and oxygen atoms in total. The van der Waals surface area contributed by atoms with Crippen LogP contribution in [0.25, 0.3) is 0 Å². The molecule has 0 bridgehead atoms. The number of hydrogen-bond donors (Lipinski definition) is 1. The molecular weight excluding hydrogens is 248 g/mol. The molecule has 0 aromatic carbocycles. The predicted molar refractivity (Wildman–Crippen MR) is 76.3 cm³/mol. The van der Waals surface area contributed by atoms with Crippen molar-refractivity contribution in [1.29, 1.82) is 0 Å². The van der Waals surface area contributed by atoms with Crippen LogP contribution in [0, 0.1) is 0 Å². The van der Waals surface area contributed by atoms with Gasteiger partial charge in [0.25, 0.3) is 0 Å². The molecule has 0 rings (SSSR count). The summed E-state index contributed by atoms with van der Waals surface area (Å²) in [4.78, 5) is 2.08. The number of nitrogens with zero attached hydrogens (tertiary/aromatic N) is 1. The minimum Gasteiger partial charge on any atom is -0.374 e. The first-order chi connectivity index (χ1) is 8.55. The minimum atomic E-state index is -2.53. The Morgan fingerprint density at radius 2 is 1.72 bits per heavy atom. The van der Waals surface area contributed by atoms with Crippen LogP contribution in [0.4, 0.5) is 0 Å². The van der Waals surface area contributed by atoms with Gasteiger partial charge >= 0.3 is 8.80 Å². The SMILES string of the molecule is CCC[Si](OCC)(OCC)OC(C)N(C)CCN. The van der Waals surface area contributed by atoms with Crippen LogP contribution < -0.4 is 5.73 Å². The van der Waals surface area contributed by atoms with E-state index in [4.69, 9.17) is 19.0 Å². The molecule has 0 heterocycles. The van der Waals surface area contributed by atoms with Crippen molar-refractivity contribution in [1.82, 2.24) is 4.90 Å². The molecule has 18 heavy (non-hydrogen) atoms. The molecule has 110 valence electrons. The first-order valence-electron chi connectivity index (χ1n) is 6.91. The Morgan fingerprint density at radius 3 is 2.11 bits per heavy atom. The lowest BCUT2D eigenvalue weighted by molar-refractivity contribution is -0.0229. The molecule has 6 heteroatoms. The zero-order valence-electron chi connectivity index (χ0n) is 12.6. The fraction of sp³-hybridized carbons (Fsp3) is 1.00. The molecule has 0 fully saturated rings. The average Bonchev–Trinajstić information content (AvgIpc) is 2.30. The molecule has 2 N–H and O–H groups in total. The summed E-state index contributed by atoms with van der Waals surface area (Å²) < 4.78 is 17.8. The molecule has 0 saturated carbocycles. The predicted octanol–water partition coefficient (Wildman–Crippen LogP) is 1.66. The highest BCUT2D eigenvalue weighted by molar-refractivity contribution is 6.60. The second kappa shape index (κ2) is 9.88. The van der Waals surface area contributed by atoms with Gasteiger partial charge in [-0.1, -0.05) is 13.3 Å². The van der Waals surface area contributed by atoms with Gasteiger partial charge in [0, 0.05) is 32.3 Å². The molecule has 0 aliphatic heterocycles. The van der Waals surface area contributed by atoms with Gasteiger partial charge in [-0.3, -0.25) is 4.90 Å². The quantitative estimate of drug-likeness (QED) is 0.460. The van der Waals surface area contributed by atoms with Crippen molar-refractivity contribution >= 4 is 8.80 Å². The van der Waals surface area contributed by atoms with Crippen LogP contribution in [0.1, 0.15) is 34.1 Å².